The fraction of sp³-hybridized carbons (Fsp3) is 0.538. The van der Waals surface area contributed by atoms with Gasteiger partial charge in [-0.25, -0.2) is 0 Å². The fourth-order valence-electron chi connectivity index (χ4n) is 2.38. The zero-order chi connectivity index (χ0) is 11.5. The first kappa shape index (κ1) is 11.1. The quantitative estimate of drug-likeness (QED) is 0.751. The van der Waals surface area contributed by atoms with Gasteiger partial charge in [-0.2, -0.15) is 0 Å². The van der Waals surface area contributed by atoms with Gasteiger partial charge < -0.3 is 16.4 Å². The van der Waals surface area contributed by atoms with E-state index >= 15 is 0 Å². The van der Waals surface area contributed by atoms with Crippen molar-refractivity contribution >= 4 is 17.1 Å². The number of hydrogen-bond donors (Lipinski definition) is 2. The molecule has 0 bridgehead atoms. The van der Waals surface area contributed by atoms with Gasteiger partial charge in [0.1, 0.15) is 0 Å². The van der Waals surface area contributed by atoms with E-state index in [2.05, 4.69) is 17.9 Å². The van der Waals surface area contributed by atoms with Gasteiger partial charge in [-0.15, -0.1) is 0 Å². The summed E-state index contributed by atoms with van der Waals surface area (Å²) in [6.07, 6.45) is 4.84. The number of aryl methyl sites for hydroxylation is 1. The molecule has 1 aliphatic heterocycles. The topological polar surface area (TPSA) is 55.3 Å². The molecule has 16 heavy (non-hydrogen) atoms. The van der Waals surface area contributed by atoms with Gasteiger partial charge in [0.15, 0.2) is 0 Å². The molecule has 3 nitrogen and oxygen atoms in total. The smallest absolute Gasteiger partial charge is 0.0604 e. The van der Waals surface area contributed by atoms with Gasteiger partial charge in [-0.3, -0.25) is 0 Å². The van der Waals surface area contributed by atoms with Crippen molar-refractivity contribution in [3.8, 4) is 0 Å². The highest BCUT2D eigenvalue weighted by molar-refractivity contribution is 5.74. The molecule has 1 heterocycles. The normalized spacial score (nSPS) is 16.4. The number of nitrogens with two attached hydrogens (primary N) is 2. The monoisotopic (exact) mass is 219 g/mol. The molecule has 0 atom stereocenters. The van der Waals surface area contributed by atoms with Gasteiger partial charge in [0.05, 0.1) is 11.4 Å². The van der Waals surface area contributed by atoms with Crippen molar-refractivity contribution in [1.82, 2.24) is 0 Å². The number of nitrogens with zero attached hydrogens (tertiary/aromatic N) is 1. The summed E-state index contributed by atoms with van der Waals surface area (Å²) in [5.74, 6) is 0. The third-order valence-corrected chi connectivity index (χ3v) is 3.37. The summed E-state index contributed by atoms with van der Waals surface area (Å²) in [6, 6.07) is 4.07. The molecule has 0 aliphatic carbocycles. The Labute approximate surface area is 97.4 Å². The largest absolute Gasteiger partial charge is 0.398 e. The van der Waals surface area contributed by atoms with Gasteiger partial charge in [0, 0.05) is 18.8 Å². The number of nitrogen functional groups attached to an aromatic ring is 2. The number of anilines is 3. The molecule has 4 N–H and O–H groups in total. The number of benzene rings is 1. The van der Waals surface area contributed by atoms with Crippen molar-refractivity contribution in [2.75, 3.05) is 29.5 Å². The molecule has 1 aliphatic rings. The molecule has 88 valence electrons. The highest BCUT2D eigenvalue weighted by Crippen LogP contribution is 2.30. The highest BCUT2D eigenvalue weighted by Gasteiger charge is 2.14. The molecule has 1 saturated heterocycles. The van der Waals surface area contributed by atoms with E-state index < -0.39 is 0 Å². The van der Waals surface area contributed by atoms with Crippen molar-refractivity contribution in [3.63, 3.8) is 0 Å². The molecular weight excluding hydrogens is 198 g/mol. The summed E-state index contributed by atoms with van der Waals surface area (Å²) in [5, 5.41) is 0. The average molecular weight is 219 g/mol. The van der Waals surface area contributed by atoms with Gasteiger partial charge in [0.25, 0.3) is 0 Å². The van der Waals surface area contributed by atoms with Crippen LogP contribution >= 0.6 is 0 Å². The van der Waals surface area contributed by atoms with Crippen molar-refractivity contribution in [2.45, 2.75) is 32.6 Å². The predicted octanol–water partition coefficient (Wildman–Crippen LogP) is 2.40. The molecule has 0 saturated carbocycles. The van der Waals surface area contributed by atoms with E-state index in [1.54, 1.807) is 0 Å². The standard InChI is InChI=1S/C13H21N3/c1-2-10-8-13(12(15)9-11(10)14)16-6-4-3-5-7-16/h8-9H,2-7,14-15H2,1H3. The van der Waals surface area contributed by atoms with E-state index in [0.717, 1.165) is 30.9 Å². The van der Waals surface area contributed by atoms with Crippen LogP contribution in [0, 0.1) is 0 Å². The van der Waals surface area contributed by atoms with Crippen LogP contribution in [0.5, 0.6) is 0 Å². The third kappa shape index (κ3) is 2.08. The van der Waals surface area contributed by atoms with Crippen LogP contribution in [0.2, 0.25) is 0 Å². The van der Waals surface area contributed by atoms with Gasteiger partial charge in [0.2, 0.25) is 0 Å². The third-order valence-electron chi connectivity index (χ3n) is 3.37. The van der Waals surface area contributed by atoms with Crippen LogP contribution in [0.4, 0.5) is 17.1 Å². The van der Waals surface area contributed by atoms with Crippen LogP contribution in [0.15, 0.2) is 12.1 Å². The first-order valence-electron chi connectivity index (χ1n) is 6.15. The highest BCUT2D eigenvalue weighted by atomic mass is 15.1. The lowest BCUT2D eigenvalue weighted by Crippen LogP contribution is -2.30. The Balaban J connectivity index is 2.31. The van der Waals surface area contributed by atoms with E-state index in [1.165, 1.54) is 30.5 Å². The summed E-state index contributed by atoms with van der Waals surface area (Å²) in [4.78, 5) is 2.39. The Morgan fingerprint density at radius 2 is 1.75 bits per heavy atom. The van der Waals surface area contributed by atoms with Crippen LogP contribution < -0.4 is 16.4 Å². The van der Waals surface area contributed by atoms with Crippen LogP contribution in [0.1, 0.15) is 31.7 Å². The molecule has 1 aromatic carbocycles. The van der Waals surface area contributed by atoms with Crippen LogP contribution in [-0.2, 0) is 6.42 Å². The van der Waals surface area contributed by atoms with Gasteiger partial charge in [-0.05, 0) is 43.4 Å². The molecule has 0 radical (unpaired) electrons. The SMILES string of the molecule is CCc1cc(N2CCCCC2)c(N)cc1N. The second-order valence-corrected chi connectivity index (χ2v) is 4.51. The lowest BCUT2D eigenvalue weighted by atomic mass is 10.1. The second-order valence-electron chi connectivity index (χ2n) is 4.51. The summed E-state index contributed by atoms with van der Waals surface area (Å²) in [7, 11) is 0. The predicted molar refractivity (Wildman–Crippen MR) is 70.7 cm³/mol. The molecule has 1 fully saturated rings. The minimum Gasteiger partial charge on any atom is -0.398 e. The zero-order valence-electron chi connectivity index (χ0n) is 10.00. The molecule has 2 rings (SSSR count). The average Bonchev–Trinajstić information content (AvgIpc) is 2.30. The maximum Gasteiger partial charge on any atom is 0.0604 e. The van der Waals surface area contributed by atoms with Gasteiger partial charge in [-0.1, -0.05) is 6.92 Å². The second kappa shape index (κ2) is 4.64. The zero-order valence-corrected chi connectivity index (χ0v) is 10.00. The fourth-order valence-corrected chi connectivity index (χ4v) is 2.38. The molecule has 1 aromatic rings. The molecule has 3 heteroatoms. The lowest BCUT2D eigenvalue weighted by molar-refractivity contribution is 0.578. The van der Waals surface area contributed by atoms with E-state index in [4.69, 9.17) is 11.5 Å². The maximum absolute atomic E-state index is 6.05. The summed E-state index contributed by atoms with van der Waals surface area (Å²) < 4.78 is 0. The van der Waals surface area contributed by atoms with E-state index in [1.807, 2.05) is 6.07 Å². The van der Waals surface area contributed by atoms with E-state index in [0.29, 0.717) is 0 Å². The Bertz CT molecular complexity index is 368. The van der Waals surface area contributed by atoms with Crippen LogP contribution in [0.25, 0.3) is 0 Å². The van der Waals surface area contributed by atoms with Crippen molar-refractivity contribution < 1.29 is 0 Å². The minimum atomic E-state index is 0.816. The van der Waals surface area contributed by atoms with Crippen molar-refractivity contribution in [1.29, 1.82) is 0 Å². The molecule has 0 unspecified atom stereocenters. The maximum atomic E-state index is 6.05. The first-order valence-corrected chi connectivity index (χ1v) is 6.15. The number of piperidine rings is 1. The van der Waals surface area contributed by atoms with Crippen LogP contribution in [0.3, 0.4) is 0 Å². The summed E-state index contributed by atoms with van der Waals surface area (Å²) in [6.45, 7) is 4.37. The number of hydrogen-bond acceptors (Lipinski definition) is 3. The molecular formula is C13H21N3. The van der Waals surface area contributed by atoms with Crippen molar-refractivity contribution in [3.05, 3.63) is 17.7 Å². The number of rotatable bonds is 2. The molecule has 0 aromatic heterocycles. The van der Waals surface area contributed by atoms with Crippen LogP contribution in [-0.4, -0.2) is 13.1 Å². The Morgan fingerprint density at radius 3 is 2.38 bits per heavy atom. The van der Waals surface area contributed by atoms with E-state index in [9.17, 15) is 0 Å². The Morgan fingerprint density at radius 1 is 1.06 bits per heavy atom. The van der Waals surface area contributed by atoms with Gasteiger partial charge >= 0.3 is 0 Å². The summed E-state index contributed by atoms with van der Waals surface area (Å²) in [5.41, 5.74) is 16.0. The first-order chi connectivity index (χ1) is 7.72. The Kier molecular flexibility index (Phi) is 3.22. The van der Waals surface area contributed by atoms with E-state index in [-0.39, 0.29) is 0 Å². The minimum absolute atomic E-state index is 0.816. The lowest BCUT2D eigenvalue weighted by Gasteiger charge is -2.30. The van der Waals surface area contributed by atoms with Crippen molar-refractivity contribution in [2.24, 2.45) is 0 Å². The molecule has 0 spiro atoms. The Hall–Kier alpha value is -1.38. The molecule has 0 amide bonds. The summed E-state index contributed by atoms with van der Waals surface area (Å²) >= 11 is 0.